The van der Waals surface area contributed by atoms with Crippen LogP contribution in [0.5, 0.6) is 0 Å². The van der Waals surface area contributed by atoms with Crippen LogP contribution in [0.25, 0.3) is 49.7 Å². The Morgan fingerprint density at radius 2 is 1.03 bits per heavy atom. The van der Waals surface area contributed by atoms with E-state index in [4.69, 9.17) is 11.6 Å². The van der Waals surface area contributed by atoms with Gasteiger partial charge in [-0.1, -0.05) is 96.5 Å². The van der Waals surface area contributed by atoms with E-state index in [0.717, 1.165) is 16.3 Å². The molecule has 0 bridgehead atoms. The van der Waals surface area contributed by atoms with Crippen LogP contribution in [0.2, 0.25) is 5.02 Å². The van der Waals surface area contributed by atoms with Crippen molar-refractivity contribution in [1.29, 1.82) is 0 Å². The molecule has 0 atom stereocenters. The average molecular weight is 430 g/mol. The molecule has 0 saturated carbocycles. The lowest BCUT2D eigenvalue weighted by molar-refractivity contribution is 1.18. The molecule has 6 aromatic rings. The third-order valence-corrected chi connectivity index (χ3v) is 6.33. The van der Waals surface area contributed by atoms with Crippen molar-refractivity contribution in [2.45, 2.75) is 0 Å². The van der Waals surface area contributed by atoms with E-state index in [0.29, 0.717) is 0 Å². The highest BCUT2D eigenvalue weighted by atomic mass is 35.5. The topological polar surface area (TPSA) is 4.93 Å². The van der Waals surface area contributed by atoms with Gasteiger partial charge in [0.15, 0.2) is 0 Å². The minimum Gasteiger partial charge on any atom is -0.309 e. The maximum Gasteiger partial charge on any atom is 0.0541 e. The summed E-state index contributed by atoms with van der Waals surface area (Å²) in [6, 6.07) is 42.6. The van der Waals surface area contributed by atoms with E-state index in [2.05, 4.69) is 114 Å². The fourth-order valence-electron chi connectivity index (χ4n) is 4.63. The summed E-state index contributed by atoms with van der Waals surface area (Å²) in [5.74, 6) is 0. The van der Waals surface area contributed by atoms with Crippen LogP contribution < -0.4 is 0 Å². The number of benzene rings is 5. The largest absolute Gasteiger partial charge is 0.309 e. The Labute approximate surface area is 192 Å². The number of fused-ring (bicyclic) bond motifs is 3. The highest BCUT2D eigenvalue weighted by Gasteiger charge is 2.13. The summed E-state index contributed by atoms with van der Waals surface area (Å²) >= 11 is 6.13. The van der Waals surface area contributed by atoms with Gasteiger partial charge in [0.25, 0.3) is 0 Å². The molecule has 0 fully saturated rings. The van der Waals surface area contributed by atoms with Gasteiger partial charge in [-0.15, -0.1) is 0 Å². The Bertz CT molecular complexity index is 1520. The predicted octanol–water partition coefficient (Wildman–Crippen LogP) is 8.77. The van der Waals surface area contributed by atoms with Gasteiger partial charge < -0.3 is 4.57 Å². The van der Waals surface area contributed by atoms with Gasteiger partial charge >= 0.3 is 0 Å². The van der Waals surface area contributed by atoms with Crippen LogP contribution in [-0.4, -0.2) is 4.57 Å². The van der Waals surface area contributed by atoms with E-state index in [1.165, 1.54) is 38.5 Å². The number of rotatable bonds is 3. The molecular formula is C30H20ClN. The molecule has 1 heterocycles. The van der Waals surface area contributed by atoms with E-state index in [9.17, 15) is 0 Å². The molecule has 0 N–H and O–H groups in total. The van der Waals surface area contributed by atoms with E-state index >= 15 is 0 Å². The van der Waals surface area contributed by atoms with Crippen LogP contribution in [0.3, 0.4) is 0 Å². The molecule has 1 nitrogen and oxygen atoms in total. The lowest BCUT2D eigenvalue weighted by Gasteiger charge is -2.13. The zero-order valence-electron chi connectivity index (χ0n) is 17.4. The van der Waals surface area contributed by atoms with Crippen LogP contribution >= 0.6 is 11.6 Å². The summed E-state index contributed by atoms with van der Waals surface area (Å²) < 4.78 is 2.36. The molecule has 1 aromatic heterocycles. The second-order valence-corrected chi connectivity index (χ2v) is 8.41. The van der Waals surface area contributed by atoms with Gasteiger partial charge in [0.2, 0.25) is 0 Å². The summed E-state index contributed by atoms with van der Waals surface area (Å²) in [6.07, 6.45) is 0. The molecule has 2 heteroatoms. The Balaban J connectivity index is 1.57. The number of aromatic nitrogens is 1. The number of halogens is 1. The minimum absolute atomic E-state index is 0.750. The third kappa shape index (κ3) is 3.10. The maximum atomic E-state index is 6.13. The first-order valence-corrected chi connectivity index (χ1v) is 11.1. The molecule has 0 saturated heterocycles. The highest BCUT2D eigenvalue weighted by Crippen LogP contribution is 2.36. The molecule has 0 aliphatic carbocycles. The molecule has 6 rings (SSSR count). The summed E-state index contributed by atoms with van der Waals surface area (Å²) in [5, 5.41) is 3.30. The highest BCUT2D eigenvalue weighted by molar-refractivity contribution is 6.30. The first kappa shape index (κ1) is 18.9. The van der Waals surface area contributed by atoms with Gasteiger partial charge in [0.05, 0.1) is 11.0 Å². The number of para-hydroxylation sites is 2. The zero-order valence-corrected chi connectivity index (χ0v) is 18.1. The molecule has 0 spiro atoms. The zero-order chi connectivity index (χ0) is 21.5. The molecular weight excluding hydrogens is 410 g/mol. The van der Waals surface area contributed by atoms with Gasteiger partial charge in [0.1, 0.15) is 0 Å². The summed E-state index contributed by atoms with van der Waals surface area (Å²) in [4.78, 5) is 0. The van der Waals surface area contributed by atoms with Gasteiger partial charge in [-0.2, -0.15) is 0 Å². The number of hydrogen-bond acceptors (Lipinski definition) is 0. The van der Waals surface area contributed by atoms with Crippen LogP contribution in [0.1, 0.15) is 0 Å². The van der Waals surface area contributed by atoms with Crippen LogP contribution in [0.15, 0.2) is 121 Å². The Hall–Kier alpha value is -3.81. The Kier molecular flexibility index (Phi) is 4.56. The van der Waals surface area contributed by atoms with Gasteiger partial charge in [0, 0.05) is 21.5 Å². The quantitative estimate of drug-likeness (QED) is 0.265. The number of hydrogen-bond donors (Lipinski definition) is 0. The van der Waals surface area contributed by atoms with Crippen LogP contribution in [-0.2, 0) is 0 Å². The third-order valence-electron chi connectivity index (χ3n) is 6.08. The van der Waals surface area contributed by atoms with Crippen molar-refractivity contribution in [2.24, 2.45) is 0 Å². The number of nitrogens with zero attached hydrogens (tertiary/aromatic N) is 1. The van der Waals surface area contributed by atoms with Crippen molar-refractivity contribution in [3.8, 4) is 27.9 Å². The maximum absolute atomic E-state index is 6.13. The summed E-state index contributed by atoms with van der Waals surface area (Å²) in [7, 11) is 0. The lowest BCUT2D eigenvalue weighted by Crippen LogP contribution is -1.94. The van der Waals surface area contributed by atoms with Crippen molar-refractivity contribution >= 4 is 33.4 Å². The second kappa shape index (κ2) is 7.71. The Morgan fingerprint density at radius 3 is 1.69 bits per heavy atom. The standard InChI is InChI=1S/C30H20ClN/c31-23-18-16-21(17-19-23)25-10-1-2-11-26(25)22-8-7-9-24(20-22)32-29-14-5-3-12-27(29)28-13-4-6-15-30(28)32/h1-20H. The molecule has 0 radical (unpaired) electrons. The molecule has 5 aromatic carbocycles. The summed E-state index contributed by atoms with van der Waals surface area (Å²) in [6.45, 7) is 0. The van der Waals surface area contributed by atoms with Crippen LogP contribution in [0, 0.1) is 0 Å². The lowest BCUT2D eigenvalue weighted by atomic mass is 9.94. The molecule has 0 amide bonds. The smallest absolute Gasteiger partial charge is 0.0541 e. The van der Waals surface area contributed by atoms with Crippen molar-refractivity contribution < 1.29 is 0 Å². The van der Waals surface area contributed by atoms with Crippen molar-refractivity contribution in [3.63, 3.8) is 0 Å². The fourth-order valence-corrected chi connectivity index (χ4v) is 4.76. The van der Waals surface area contributed by atoms with Crippen molar-refractivity contribution in [3.05, 3.63) is 126 Å². The first-order valence-electron chi connectivity index (χ1n) is 10.7. The van der Waals surface area contributed by atoms with Gasteiger partial charge in [-0.05, 0) is 58.7 Å². The molecule has 152 valence electrons. The van der Waals surface area contributed by atoms with E-state index < -0.39 is 0 Å². The second-order valence-electron chi connectivity index (χ2n) is 7.97. The molecule has 0 aliphatic rings. The fraction of sp³-hybridized carbons (Fsp3) is 0. The molecule has 32 heavy (non-hydrogen) atoms. The average Bonchev–Trinajstić information content (AvgIpc) is 3.19. The minimum atomic E-state index is 0.750. The van der Waals surface area contributed by atoms with Gasteiger partial charge in [-0.3, -0.25) is 0 Å². The SMILES string of the molecule is Clc1ccc(-c2ccccc2-c2cccc(-n3c4ccccc4c4ccccc43)c2)cc1. The molecule has 0 aliphatic heterocycles. The normalized spacial score (nSPS) is 11.3. The van der Waals surface area contributed by atoms with Gasteiger partial charge in [-0.25, -0.2) is 0 Å². The first-order chi connectivity index (χ1) is 15.8. The summed E-state index contributed by atoms with van der Waals surface area (Å²) in [5.41, 5.74) is 8.35. The van der Waals surface area contributed by atoms with E-state index in [1.54, 1.807) is 0 Å². The van der Waals surface area contributed by atoms with Crippen molar-refractivity contribution in [2.75, 3.05) is 0 Å². The van der Waals surface area contributed by atoms with Crippen molar-refractivity contribution in [1.82, 2.24) is 4.57 Å². The van der Waals surface area contributed by atoms with Crippen LogP contribution in [0.4, 0.5) is 0 Å². The molecule has 0 unspecified atom stereocenters. The monoisotopic (exact) mass is 429 g/mol. The van der Waals surface area contributed by atoms with E-state index in [-0.39, 0.29) is 0 Å². The predicted molar refractivity (Wildman–Crippen MR) is 137 cm³/mol. The van der Waals surface area contributed by atoms with E-state index in [1.807, 2.05) is 12.1 Å². The Morgan fingerprint density at radius 1 is 0.469 bits per heavy atom.